The molecule has 1 amide bonds. The number of para-hydroxylation sites is 2. The lowest BCUT2D eigenvalue weighted by atomic mass is 10.2. The fourth-order valence-corrected chi connectivity index (χ4v) is 4.84. The van der Waals surface area contributed by atoms with Crippen molar-refractivity contribution in [3.05, 3.63) is 95.9 Å². The SMILES string of the molecule is Cc1nc(CN(C)C(=O)c2cccc(S(=O)(=O)N(C)c3ccccc3)c2)nc2ccccc12. The number of aryl methyl sites for hydroxylation is 1. The van der Waals surface area contributed by atoms with Crippen molar-refractivity contribution in [3.63, 3.8) is 0 Å². The second kappa shape index (κ2) is 8.99. The molecule has 0 fully saturated rings. The Morgan fingerprint density at radius 2 is 1.58 bits per heavy atom. The van der Waals surface area contributed by atoms with Crippen molar-refractivity contribution in [1.82, 2.24) is 14.9 Å². The van der Waals surface area contributed by atoms with Crippen molar-refractivity contribution in [2.45, 2.75) is 18.4 Å². The Kier molecular flexibility index (Phi) is 6.11. The van der Waals surface area contributed by atoms with Gasteiger partial charge < -0.3 is 4.90 Å². The number of fused-ring (bicyclic) bond motifs is 1. The van der Waals surface area contributed by atoms with Gasteiger partial charge in [0.25, 0.3) is 15.9 Å². The first kappa shape index (κ1) is 22.4. The second-order valence-corrected chi connectivity index (χ2v) is 9.71. The summed E-state index contributed by atoms with van der Waals surface area (Å²) in [6, 6.07) is 22.6. The maximum absolute atomic E-state index is 13.1. The molecule has 1 heterocycles. The summed E-state index contributed by atoms with van der Waals surface area (Å²) >= 11 is 0. The average Bonchev–Trinajstić information content (AvgIpc) is 2.83. The fourth-order valence-electron chi connectivity index (χ4n) is 3.59. The van der Waals surface area contributed by atoms with E-state index in [1.54, 1.807) is 43.4 Å². The molecule has 33 heavy (non-hydrogen) atoms. The predicted molar refractivity (Wildman–Crippen MR) is 129 cm³/mol. The van der Waals surface area contributed by atoms with E-state index in [1.165, 1.54) is 28.4 Å². The number of rotatable bonds is 6. The van der Waals surface area contributed by atoms with Gasteiger partial charge in [-0.25, -0.2) is 18.4 Å². The van der Waals surface area contributed by atoms with Crippen LogP contribution in [0.4, 0.5) is 5.69 Å². The molecular formula is C25H24N4O3S. The van der Waals surface area contributed by atoms with Gasteiger partial charge in [-0.05, 0) is 43.3 Å². The number of anilines is 1. The molecule has 0 N–H and O–H groups in total. The summed E-state index contributed by atoms with van der Waals surface area (Å²) in [4.78, 5) is 23.7. The zero-order chi connectivity index (χ0) is 23.6. The molecule has 0 spiro atoms. The Morgan fingerprint density at radius 1 is 0.879 bits per heavy atom. The monoisotopic (exact) mass is 460 g/mol. The van der Waals surface area contributed by atoms with E-state index in [0.717, 1.165) is 16.6 Å². The van der Waals surface area contributed by atoms with Crippen LogP contribution in [-0.2, 0) is 16.6 Å². The van der Waals surface area contributed by atoms with E-state index in [2.05, 4.69) is 9.97 Å². The number of benzene rings is 3. The minimum atomic E-state index is -3.82. The summed E-state index contributed by atoms with van der Waals surface area (Å²) < 4.78 is 27.4. The Bertz CT molecular complexity index is 1420. The van der Waals surface area contributed by atoms with Crippen LogP contribution in [0.2, 0.25) is 0 Å². The number of hydrogen-bond acceptors (Lipinski definition) is 5. The van der Waals surface area contributed by atoms with Crippen molar-refractivity contribution in [1.29, 1.82) is 0 Å². The minimum absolute atomic E-state index is 0.0471. The highest BCUT2D eigenvalue weighted by Crippen LogP contribution is 2.23. The van der Waals surface area contributed by atoms with Gasteiger partial charge in [-0.15, -0.1) is 0 Å². The van der Waals surface area contributed by atoms with Gasteiger partial charge in [0.1, 0.15) is 5.82 Å². The zero-order valence-corrected chi connectivity index (χ0v) is 19.5. The third kappa shape index (κ3) is 4.56. The van der Waals surface area contributed by atoms with E-state index in [1.807, 2.05) is 37.3 Å². The molecule has 0 aliphatic rings. The topological polar surface area (TPSA) is 83.5 Å². The van der Waals surface area contributed by atoms with Crippen LogP contribution in [0, 0.1) is 6.92 Å². The first-order valence-corrected chi connectivity index (χ1v) is 11.8. The van der Waals surface area contributed by atoms with Crippen LogP contribution in [0.15, 0.2) is 83.8 Å². The molecule has 0 saturated carbocycles. The maximum Gasteiger partial charge on any atom is 0.264 e. The van der Waals surface area contributed by atoms with Crippen molar-refractivity contribution in [3.8, 4) is 0 Å². The molecule has 1 aromatic heterocycles. The molecule has 3 aromatic carbocycles. The van der Waals surface area contributed by atoms with E-state index in [0.29, 0.717) is 11.5 Å². The van der Waals surface area contributed by atoms with Gasteiger partial charge in [0, 0.05) is 30.7 Å². The third-order valence-electron chi connectivity index (χ3n) is 5.42. The summed E-state index contributed by atoms with van der Waals surface area (Å²) in [7, 11) is -0.688. The summed E-state index contributed by atoms with van der Waals surface area (Å²) in [5, 5.41) is 0.968. The molecule has 0 aliphatic heterocycles. The van der Waals surface area contributed by atoms with Crippen LogP contribution in [0.1, 0.15) is 21.9 Å². The Labute approximate surface area is 193 Å². The molecule has 0 radical (unpaired) electrons. The molecule has 0 bridgehead atoms. The van der Waals surface area contributed by atoms with E-state index in [4.69, 9.17) is 0 Å². The standard InChI is InChI=1S/C25H24N4O3S/c1-18-22-14-7-8-15-23(22)27-24(26-18)17-28(2)25(30)19-10-9-13-21(16-19)33(31,32)29(3)20-11-5-4-6-12-20/h4-16H,17H2,1-3H3. The highest BCUT2D eigenvalue weighted by Gasteiger charge is 2.23. The number of amides is 1. The first-order valence-electron chi connectivity index (χ1n) is 10.4. The quantitative estimate of drug-likeness (QED) is 0.434. The summed E-state index contributed by atoms with van der Waals surface area (Å²) in [5.41, 5.74) is 2.47. The number of hydrogen-bond donors (Lipinski definition) is 0. The molecule has 0 aliphatic carbocycles. The average molecular weight is 461 g/mol. The molecule has 0 unspecified atom stereocenters. The molecule has 7 nitrogen and oxygen atoms in total. The number of sulfonamides is 1. The normalized spacial score (nSPS) is 11.4. The smallest absolute Gasteiger partial charge is 0.264 e. The molecule has 0 atom stereocenters. The highest BCUT2D eigenvalue weighted by atomic mass is 32.2. The van der Waals surface area contributed by atoms with Gasteiger partial charge in [0.15, 0.2) is 0 Å². The van der Waals surface area contributed by atoms with E-state index < -0.39 is 10.0 Å². The lowest BCUT2D eigenvalue weighted by Crippen LogP contribution is -2.29. The Morgan fingerprint density at radius 3 is 2.33 bits per heavy atom. The largest absolute Gasteiger partial charge is 0.334 e. The molecule has 4 rings (SSSR count). The van der Waals surface area contributed by atoms with Gasteiger partial charge in [0.05, 0.1) is 22.6 Å². The number of aromatic nitrogens is 2. The minimum Gasteiger partial charge on any atom is -0.334 e. The fraction of sp³-hybridized carbons (Fsp3) is 0.160. The summed E-state index contributed by atoms with van der Waals surface area (Å²) in [5.74, 6) is 0.207. The van der Waals surface area contributed by atoms with E-state index in [-0.39, 0.29) is 22.9 Å². The highest BCUT2D eigenvalue weighted by molar-refractivity contribution is 7.92. The van der Waals surface area contributed by atoms with Gasteiger partial charge in [-0.3, -0.25) is 9.10 Å². The maximum atomic E-state index is 13.1. The Hall–Kier alpha value is -3.78. The summed E-state index contributed by atoms with van der Waals surface area (Å²) in [6.45, 7) is 2.11. The van der Waals surface area contributed by atoms with E-state index in [9.17, 15) is 13.2 Å². The first-order chi connectivity index (χ1) is 15.8. The second-order valence-electron chi connectivity index (χ2n) is 7.74. The zero-order valence-electron chi connectivity index (χ0n) is 18.6. The molecular weight excluding hydrogens is 436 g/mol. The molecule has 8 heteroatoms. The molecule has 0 saturated heterocycles. The van der Waals surface area contributed by atoms with Crippen LogP contribution in [-0.4, -0.2) is 43.3 Å². The van der Waals surface area contributed by atoms with Crippen LogP contribution < -0.4 is 4.31 Å². The van der Waals surface area contributed by atoms with Gasteiger partial charge in [-0.2, -0.15) is 0 Å². The Balaban J connectivity index is 1.57. The molecule has 4 aromatic rings. The number of nitrogens with zero attached hydrogens (tertiary/aromatic N) is 4. The lowest BCUT2D eigenvalue weighted by Gasteiger charge is -2.21. The van der Waals surface area contributed by atoms with Crippen molar-refractivity contribution >= 4 is 32.5 Å². The van der Waals surface area contributed by atoms with Gasteiger partial charge >= 0.3 is 0 Å². The van der Waals surface area contributed by atoms with Crippen molar-refractivity contribution in [2.24, 2.45) is 0 Å². The van der Waals surface area contributed by atoms with Crippen LogP contribution >= 0.6 is 0 Å². The van der Waals surface area contributed by atoms with Crippen LogP contribution in [0.25, 0.3) is 10.9 Å². The van der Waals surface area contributed by atoms with Gasteiger partial charge in [0.2, 0.25) is 0 Å². The van der Waals surface area contributed by atoms with Gasteiger partial charge in [-0.1, -0.05) is 42.5 Å². The van der Waals surface area contributed by atoms with Crippen LogP contribution in [0.3, 0.4) is 0 Å². The predicted octanol–water partition coefficient (Wildman–Crippen LogP) is 4.04. The van der Waals surface area contributed by atoms with Crippen molar-refractivity contribution < 1.29 is 13.2 Å². The van der Waals surface area contributed by atoms with Crippen molar-refractivity contribution in [2.75, 3.05) is 18.4 Å². The third-order valence-corrected chi connectivity index (χ3v) is 7.21. The number of carbonyl (C=O) groups excluding carboxylic acids is 1. The number of carbonyl (C=O) groups is 1. The lowest BCUT2D eigenvalue weighted by molar-refractivity contribution is 0.0781. The molecule has 168 valence electrons. The summed E-state index contributed by atoms with van der Waals surface area (Å²) in [6.07, 6.45) is 0. The van der Waals surface area contributed by atoms with E-state index >= 15 is 0 Å². The van der Waals surface area contributed by atoms with Crippen LogP contribution in [0.5, 0.6) is 0 Å².